The molecule has 0 fully saturated rings. The summed E-state index contributed by atoms with van der Waals surface area (Å²) in [5.41, 5.74) is 1.47. The van der Waals surface area contributed by atoms with Crippen molar-refractivity contribution in [2.45, 2.75) is 0 Å². The minimum atomic E-state index is -0.505. The van der Waals surface area contributed by atoms with Crippen molar-refractivity contribution < 1.29 is 4.79 Å². The minimum absolute atomic E-state index is 0.168. The molecule has 128 valence electrons. The fraction of sp³-hybridized carbons (Fsp3) is 0. The van der Waals surface area contributed by atoms with Crippen molar-refractivity contribution in [3.8, 4) is 11.4 Å². The molecule has 0 aliphatic heterocycles. The number of carbonyl (C=O) groups is 1. The summed E-state index contributed by atoms with van der Waals surface area (Å²) in [5.74, 6) is 0.396. The third-order valence-electron chi connectivity index (χ3n) is 2.91. The summed E-state index contributed by atoms with van der Waals surface area (Å²) in [5, 5.41) is 19.3. The number of H-pyrrole nitrogens is 1. The first kappa shape index (κ1) is 18.1. The Morgan fingerprint density at radius 2 is 1.80 bits per heavy atom. The Bertz CT molecular complexity index is 916. The molecule has 0 bridgehead atoms. The number of hydrogen-bond donors (Lipinski definition) is 3. The van der Waals surface area contributed by atoms with Crippen molar-refractivity contribution in [1.29, 1.82) is 0 Å². The molecule has 3 rings (SSSR count). The summed E-state index contributed by atoms with van der Waals surface area (Å²) in [4.78, 5) is 16.2. The highest BCUT2D eigenvalue weighted by Gasteiger charge is 2.16. The van der Waals surface area contributed by atoms with Crippen molar-refractivity contribution in [2.75, 3.05) is 10.6 Å². The number of nitrogens with one attached hydrogen (secondary N) is 3. The van der Waals surface area contributed by atoms with E-state index in [4.69, 9.17) is 23.2 Å². The maximum absolute atomic E-state index is 12.3. The highest BCUT2D eigenvalue weighted by atomic mass is 79.9. The fourth-order valence-electron chi connectivity index (χ4n) is 1.97. The maximum atomic E-state index is 12.3. The number of tetrazole rings is 1. The van der Waals surface area contributed by atoms with Crippen LogP contribution in [0.5, 0.6) is 0 Å². The number of carbonyl (C=O) groups excluding carboxylic acids is 1. The summed E-state index contributed by atoms with van der Waals surface area (Å²) >= 11 is 18.5. The topological polar surface area (TPSA) is 108 Å². The number of aromatic nitrogens is 5. The SMILES string of the molecule is O=C(Nc1cc(Cl)nc(Cl)c1)Nc1c(Br)cc(Br)cc1-c1nnn[nH]1. The van der Waals surface area contributed by atoms with Crippen molar-refractivity contribution >= 4 is 72.5 Å². The monoisotopic (exact) mass is 505 g/mol. The van der Waals surface area contributed by atoms with E-state index in [1.807, 2.05) is 0 Å². The van der Waals surface area contributed by atoms with Crippen LogP contribution in [0.1, 0.15) is 0 Å². The van der Waals surface area contributed by atoms with E-state index in [2.05, 4.69) is 68.1 Å². The lowest BCUT2D eigenvalue weighted by Gasteiger charge is -2.13. The van der Waals surface area contributed by atoms with Gasteiger partial charge >= 0.3 is 6.03 Å². The number of aromatic amines is 1. The summed E-state index contributed by atoms with van der Waals surface area (Å²) < 4.78 is 1.42. The van der Waals surface area contributed by atoms with Gasteiger partial charge in [0.1, 0.15) is 10.3 Å². The lowest BCUT2D eigenvalue weighted by molar-refractivity contribution is 0.262. The van der Waals surface area contributed by atoms with Gasteiger partial charge in [0, 0.05) is 20.2 Å². The number of nitrogens with zero attached hydrogens (tertiary/aromatic N) is 4. The molecule has 0 saturated heterocycles. The van der Waals surface area contributed by atoms with E-state index < -0.39 is 6.03 Å². The third-order valence-corrected chi connectivity index (χ3v) is 4.39. The Balaban J connectivity index is 1.88. The summed E-state index contributed by atoms with van der Waals surface area (Å²) in [7, 11) is 0. The van der Waals surface area contributed by atoms with Gasteiger partial charge in [-0.05, 0) is 50.6 Å². The van der Waals surface area contributed by atoms with Crippen LogP contribution in [0.25, 0.3) is 11.4 Å². The fourth-order valence-corrected chi connectivity index (χ4v) is 3.76. The van der Waals surface area contributed by atoms with Crippen LogP contribution >= 0.6 is 55.1 Å². The minimum Gasteiger partial charge on any atom is -0.307 e. The number of halogens is 4. The Labute approximate surface area is 168 Å². The summed E-state index contributed by atoms with van der Waals surface area (Å²) in [6.07, 6.45) is 0. The van der Waals surface area contributed by atoms with Crippen molar-refractivity contribution in [3.63, 3.8) is 0 Å². The zero-order chi connectivity index (χ0) is 18.0. The second-order valence-electron chi connectivity index (χ2n) is 4.64. The molecule has 0 saturated carbocycles. The molecule has 0 aliphatic rings. The molecule has 0 atom stereocenters. The molecule has 0 spiro atoms. The smallest absolute Gasteiger partial charge is 0.307 e. The molecular weight excluding hydrogens is 501 g/mol. The van der Waals surface area contributed by atoms with Gasteiger partial charge in [-0.3, -0.25) is 0 Å². The standard InChI is InChI=1S/C13H7Br2Cl2N7O/c14-5-1-7(12-21-23-24-22-12)11(8(15)2-5)20-13(25)18-6-3-9(16)19-10(17)4-6/h1-4H,(H2,18,19,20,25)(H,21,22,23,24). The van der Waals surface area contributed by atoms with Crippen LogP contribution in [0.15, 0.2) is 33.2 Å². The predicted octanol–water partition coefficient (Wildman–Crippen LogP) is 4.74. The van der Waals surface area contributed by atoms with E-state index in [1.54, 1.807) is 12.1 Å². The van der Waals surface area contributed by atoms with Crippen molar-refractivity contribution in [3.05, 3.63) is 43.5 Å². The third kappa shape index (κ3) is 4.46. The Kier molecular flexibility index (Phi) is 5.52. The van der Waals surface area contributed by atoms with E-state index in [1.165, 1.54) is 12.1 Å². The first-order valence-corrected chi connectivity index (χ1v) is 8.91. The van der Waals surface area contributed by atoms with Gasteiger partial charge in [-0.2, -0.15) is 0 Å². The molecule has 1 aromatic carbocycles. The highest BCUT2D eigenvalue weighted by molar-refractivity contribution is 9.11. The van der Waals surface area contributed by atoms with Crippen molar-refractivity contribution in [2.24, 2.45) is 0 Å². The van der Waals surface area contributed by atoms with E-state index in [0.717, 1.165) is 4.47 Å². The second kappa shape index (κ2) is 7.65. The molecule has 3 aromatic rings. The molecule has 8 nitrogen and oxygen atoms in total. The first-order chi connectivity index (χ1) is 11.9. The molecule has 0 radical (unpaired) electrons. The van der Waals surface area contributed by atoms with Gasteiger partial charge in [-0.25, -0.2) is 14.9 Å². The van der Waals surface area contributed by atoms with Crippen LogP contribution < -0.4 is 10.6 Å². The van der Waals surface area contributed by atoms with Gasteiger partial charge in [0.15, 0.2) is 5.82 Å². The molecule has 0 aliphatic carbocycles. The number of rotatable bonds is 3. The van der Waals surface area contributed by atoms with Crippen LogP contribution in [0.3, 0.4) is 0 Å². The lowest BCUT2D eigenvalue weighted by atomic mass is 10.1. The molecular formula is C13H7Br2Cl2N7O. The number of pyridine rings is 1. The summed E-state index contributed by atoms with van der Waals surface area (Å²) in [6.45, 7) is 0. The molecule has 25 heavy (non-hydrogen) atoms. The number of hydrogen-bond acceptors (Lipinski definition) is 5. The Morgan fingerprint density at radius 3 is 2.44 bits per heavy atom. The van der Waals surface area contributed by atoms with Crippen LogP contribution in [0.2, 0.25) is 10.3 Å². The van der Waals surface area contributed by atoms with Crippen molar-refractivity contribution in [1.82, 2.24) is 25.6 Å². The van der Waals surface area contributed by atoms with E-state index in [-0.39, 0.29) is 10.3 Å². The van der Waals surface area contributed by atoms with E-state index in [0.29, 0.717) is 27.2 Å². The number of urea groups is 1. The van der Waals surface area contributed by atoms with Crippen LogP contribution in [-0.4, -0.2) is 31.6 Å². The molecule has 3 N–H and O–H groups in total. The molecule has 2 amide bonds. The highest BCUT2D eigenvalue weighted by Crippen LogP contribution is 2.35. The van der Waals surface area contributed by atoms with Gasteiger partial charge in [-0.15, -0.1) is 5.10 Å². The predicted molar refractivity (Wildman–Crippen MR) is 102 cm³/mol. The first-order valence-electron chi connectivity index (χ1n) is 6.56. The van der Waals surface area contributed by atoms with Gasteiger partial charge in [0.25, 0.3) is 0 Å². The molecule has 2 heterocycles. The average Bonchev–Trinajstić information content (AvgIpc) is 3.02. The van der Waals surface area contributed by atoms with Gasteiger partial charge in [0.05, 0.1) is 5.69 Å². The quantitative estimate of drug-likeness (QED) is 0.444. The number of amides is 2. The number of benzene rings is 1. The zero-order valence-corrected chi connectivity index (χ0v) is 16.7. The van der Waals surface area contributed by atoms with Crippen LogP contribution in [0, 0.1) is 0 Å². The largest absolute Gasteiger partial charge is 0.323 e. The van der Waals surface area contributed by atoms with Gasteiger partial charge in [-0.1, -0.05) is 39.1 Å². The van der Waals surface area contributed by atoms with E-state index >= 15 is 0 Å². The molecule has 2 aromatic heterocycles. The Hall–Kier alpha value is -1.75. The Morgan fingerprint density at radius 1 is 1.08 bits per heavy atom. The lowest BCUT2D eigenvalue weighted by Crippen LogP contribution is -2.20. The number of anilines is 2. The second-order valence-corrected chi connectivity index (χ2v) is 7.18. The summed E-state index contributed by atoms with van der Waals surface area (Å²) in [6, 6.07) is 6.00. The van der Waals surface area contributed by atoms with E-state index in [9.17, 15) is 4.79 Å². The molecule has 0 unspecified atom stereocenters. The average molecular weight is 508 g/mol. The zero-order valence-electron chi connectivity index (χ0n) is 12.0. The van der Waals surface area contributed by atoms with Gasteiger partial charge < -0.3 is 10.6 Å². The molecule has 12 heteroatoms. The normalized spacial score (nSPS) is 10.6. The van der Waals surface area contributed by atoms with Gasteiger partial charge in [0.2, 0.25) is 0 Å². The van der Waals surface area contributed by atoms with Crippen LogP contribution in [0.4, 0.5) is 16.2 Å². The van der Waals surface area contributed by atoms with Crippen LogP contribution in [-0.2, 0) is 0 Å². The maximum Gasteiger partial charge on any atom is 0.323 e.